The van der Waals surface area contributed by atoms with Crippen LogP contribution in [0.5, 0.6) is 11.5 Å². The van der Waals surface area contributed by atoms with Gasteiger partial charge in [0.25, 0.3) is 5.91 Å². The standard InChI is InChI=1S/C23H25NO5/c1-4-28-14-18-17-7-5-6-8-19(17)29-22(18)23(25)24-10-9-15-11-20(26-2)21(27-3)12-16(15)13-24/h5-8,11-12H,4,9-10,13-14H2,1-3H3. The Labute approximate surface area is 170 Å². The molecule has 0 bridgehead atoms. The minimum Gasteiger partial charge on any atom is -0.493 e. The Bertz CT molecular complexity index is 1040. The van der Waals surface area contributed by atoms with E-state index in [1.807, 2.05) is 48.2 Å². The van der Waals surface area contributed by atoms with Crippen molar-refractivity contribution < 1.29 is 23.4 Å². The Morgan fingerprint density at radius 1 is 1.10 bits per heavy atom. The van der Waals surface area contributed by atoms with Gasteiger partial charge >= 0.3 is 0 Å². The Morgan fingerprint density at radius 3 is 2.55 bits per heavy atom. The van der Waals surface area contributed by atoms with Crippen molar-refractivity contribution in [1.82, 2.24) is 4.90 Å². The highest BCUT2D eigenvalue weighted by molar-refractivity contribution is 5.99. The van der Waals surface area contributed by atoms with Crippen LogP contribution < -0.4 is 9.47 Å². The van der Waals surface area contributed by atoms with Crippen LogP contribution in [0.15, 0.2) is 40.8 Å². The van der Waals surface area contributed by atoms with E-state index in [1.165, 1.54) is 5.56 Å². The third-order valence-corrected chi connectivity index (χ3v) is 5.35. The molecular formula is C23H25NO5. The molecule has 0 spiro atoms. The zero-order valence-electron chi connectivity index (χ0n) is 17.0. The van der Waals surface area contributed by atoms with Crippen molar-refractivity contribution in [3.8, 4) is 11.5 Å². The second-order valence-corrected chi connectivity index (χ2v) is 7.00. The Balaban J connectivity index is 1.66. The van der Waals surface area contributed by atoms with Gasteiger partial charge in [-0.1, -0.05) is 18.2 Å². The van der Waals surface area contributed by atoms with Crippen molar-refractivity contribution in [2.24, 2.45) is 0 Å². The van der Waals surface area contributed by atoms with Gasteiger partial charge in [-0.05, 0) is 42.7 Å². The molecule has 4 rings (SSSR count). The summed E-state index contributed by atoms with van der Waals surface area (Å²) >= 11 is 0. The zero-order valence-corrected chi connectivity index (χ0v) is 17.0. The lowest BCUT2D eigenvalue weighted by Gasteiger charge is -2.29. The number of hydrogen-bond donors (Lipinski definition) is 0. The second kappa shape index (κ2) is 8.17. The topological polar surface area (TPSA) is 61.1 Å². The van der Waals surface area contributed by atoms with Gasteiger partial charge in [-0.3, -0.25) is 4.79 Å². The molecule has 0 fully saturated rings. The number of nitrogens with zero attached hydrogens (tertiary/aromatic N) is 1. The van der Waals surface area contributed by atoms with Crippen molar-refractivity contribution in [2.75, 3.05) is 27.4 Å². The summed E-state index contributed by atoms with van der Waals surface area (Å²) in [5.74, 6) is 1.63. The van der Waals surface area contributed by atoms with Gasteiger partial charge in [-0.25, -0.2) is 0 Å². The average Bonchev–Trinajstić information content (AvgIpc) is 3.14. The van der Waals surface area contributed by atoms with E-state index in [1.54, 1.807) is 14.2 Å². The van der Waals surface area contributed by atoms with Crippen LogP contribution in [-0.2, 0) is 24.3 Å². The predicted octanol–water partition coefficient (Wildman–Crippen LogP) is 4.19. The molecule has 0 radical (unpaired) electrons. The van der Waals surface area contributed by atoms with E-state index in [0.717, 1.165) is 22.9 Å². The highest BCUT2D eigenvalue weighted by Crippen LogP contribution is 2.34. The normalized spacial score (nSPS) is 13.4. The first-order chi connectivity index (χ1) is 14.2. The minimum atomic E-state index is -0.115. The summed E-state index contributed by atoms with van der Waals surface area (Å²) in [6.45, 7) is 3.98. The third-order valence-electron chi connectivity index (χ3n) is 5.35. The lowest BCUT2D eigenvalue weighted by molar-refractivity contribution is 0.0694. The number of carbonyl (C=O) groups is 1. The maximum Gasteiger partial charge on any atom is 0.290 e. The van der Waals surface area contributed by atoms with Gasteiger partial charge < -0.3 is 23.5 Å². The fraction of sp³-hybridized carbons (Fsp3) is 0.348. The molecule has 2 heterocycles. The molecule has 29 heavy (non-hydrogen) atoms. The molecule has 3 aromatic rings. The van der Waals surface area contributed by atoms with Crippen LogP contribution in [0, 0.1) is 0 Å². The summed E-state index contributed by atoms with van der Waals surface area (Å²) < 4.78 is 22.4. The Morgan fingerprint density at radius 2 is 1.83 bits per heavy atom. The summed E-state index contributed by atoms with van der Waals surface area (Å²) in [7, 11) is 3.24. The van der Waals surface area contributed by atoms with Crippen LogP contribution >= 0.6 is 0 Å². The molecule has 1 aliphatic heterocycles. The number of para-hydroxylation sites is 1. The molecule has 0 saturated carbocycles. The number of amides is 1. The van der Waals surface area contributed by atoms with Crippen LogP contribution in [-0.4, -0.2) is 38.2 Å². The molecule has 0 saturated heterocycles. The van der Waals surface area contributed by atoms with Crippen LogP contribution in [0.2, 0.25) is 0 Å². The maximum absolute atomic E-state index is 13.4. The Kier molecular flexibility index (Phi) is 5.45. The highest BCUT2D eigenvalue weighted by Gasteiger charge is 2.28. The van der Waals surface area contributed by atoms with E-state index in [-0.39, 0.29) is 5.91 Å². The van der Waals surface area contributed by atoms with E-state index in [4.69, 9.17) is 18.6 Å². The number of rotatable bonds is 6. The largest absolute Gasteiger partial charge is 0.493 e. The fourth-order valence-electron chi connectivity index (χ4n) is 3.82. The van der Waals surface area contributed by atoms with Crippen molar-refractivity contribution in [1.29, 1.82) is 0 Å². The van der Waals surface area contributed by atoms with Crippen molar-refractivity contribution in [3.63, 3.8) is 0 Å². The Hall–Kier alpha value is -2.99. The minimum absolute atomic E-state index is 0.115. The maximum atomic E-state index is 13.4. The van der Waals surface area contributed by atoms with Gasteiger partial charge in [0.15, 0.2) is 17.3 Å². The summed E-state index contributed by atoms with van der Waals surface area (Å²) in [4.78, 5) is 15.2. The van der Waals surface area contributed by atoms with Crippen molar-refractivity contribution in [3.05, 3.63) is 58.8 Å². The van der Waals surface area contributed by atoms with E-state index >= 15 is 0 Å². The molecule has 1 aliphatic rings. The molecule has 1 amide bonds. The first kappa shape index (κ1) is 19.3. The van der Waals surface area contributed by atoms with E-state index in [0.29, 0.717) is 49.1 Å². The monoisotopic (exact) mass is 395 g/mol. The molecule has 0 unspecified atom stereocenters. The molecule has 6 nitrogen and oxygen atoms in total. The molecule has 0 aliphatic carbocycles. The van der Waals surface area contributed by atoms with Gasteiger partial charge in [0, 0.05) is 30.6 Å². The van der Waals surface area contributed by atoms with Gasteiger partial charge in [0.1, 0.15) is 5.58 Å². The third kappa shape index (κ3) is 3.56. The fourth-order valence-corrected chi connectivity index (χ4v) is 3.82. The first-order valence-corrected chi connectivity index (χ1v) is 9.77. The molecule has 2 aromatic carbocycles. The van der Waals surface area contributed by atoms with Gasteiger partial charge in [-0.2, -0.15) is 0 Å². The van der Waals surface area contributed by atoms with Gasteiger partial charge in [-0.15, -0.1) is 0 Å². The van der Waals surface area contributed by atoms with E-state index in [9.17, 15) is 4.79 Å². The molecule has 0 atom stereocenters. The summed E-state index contributed by atoms with van der Waals surface area (Å²) in [6, 6.07) is 11.6. The lowest BCUT2D eigenvalue weighted by Crippen LogP contribution is -2.36. The van der Waals surface area contributed by atoms with Crippen LogP contribution in [0.4, 0.5) is 0 Å². The summed E-state index contributed by atoms with van der Waals surface area (Å²) in [6.07, 6.45) is 0.752. The number of benzene rings is 2. The van der Waals surface area contributed by atoms with Gasteiger partial charge in [0.05, 0.1) is 20.8 Å². The van der Waals surface area contributed by atoms with Crippen molar-refractivity contribution >= 4 is 16.9 Å². The van der Waals surface area contributed by atoms with Crippen LogP contribution in [0.1, 0.15) is 34.2 Å². The molecule has 0 N–H and O–H groups in total. The highest BCUT2D eigenvalue weighted by atomic mass is 16.5. The smallest absolute Gasteiger partial charge is 0.290 e. The lowest BCUT2D eigenvalue weighted by atomic mass is 9.98. The number of furan rings is 1. The molecular weight excluding hydrogens is 370 g/mol. The van der Waals surface area contributed by atoms with Crippen molar-refractivity contribution in [2.45, 2.75) is 26.5 Å². The number of methoxy groups -OCH3 is 2. The predicted molar refractivity (Wildman–Crippen MR) is 110 cm³/mol. The second-order valence-electron chi connectivity index (χ2n) is 7.00. The first-order valence-electron chi connectivity index (χ1n) is 9.77. The molecule has 6 heteroatoms. The number of carbonyl (C=O) groups excluding carboxylic acids is 1. The SMILES string of the molecule is CCOCc1c(C(=O)N2CCc3cc(OC)c(OC)cc3C2)oc2ccccc12. The van der Waals surface area contributed by atoms with Gasteiger partial charge in [0.2, 0.25) is 0 Å². The molecule has 152 valence electrons. The number of fused-ring (bicyclic) bond motifs is 2. The molecule has 1 aromatic heterocycles. The van der Waals surface area contributed by atoms with Crippen LogP contribution in [0.25, 0.3) is 11.0 Å². The zero-order chi connectivity index (χ0) is 20.4. The number of hydrogen-bond acceptors (Lipinski definition) is 5. The summed E-state index contributed by atoms with van der Waals surface area (Å²) in [5.41, 5.74) is 3.75. The number of ether oxygens (including phenoxy) is 3. The van der Waals surface area contributed by atoms with E-state index in [2.05, 4.69) is 0 Å². The van der Waals surface area contributed by atoms with Crippen LogP contribution in [0.3, 0.4) is 0 Å². The quantitative estimate of drug-likeness (QED) is 0.626. The average molecular weight is 395 g/mol. The summed E-state index contributed by atoms with van der Waals surface area (Å²) in [5, 5.41) is 0.924. The van der Waals surface area contributed by atoms with E-state index < -0.39 is 0 Å².